The Morgan fingerprint density at radius 1 is 1.42 bits per heavy atom. The molecule has 0 atom stereocenters. The second kappa shape index (κ2) is 4.70. The third-order valence-electron chi connectivity index (χ3n) is 3.32. The molecule has 0 radical (unpaired) electrons. The van der Waals surface area contributed by atoms with Gasteiger partial charge in [0.2, 0.25) is 0 Å². The first-order valence-electron chi connectivity index (χ1n) is 6.13. The van der Waals surface area contributed by atoms with Gasteiger partial charge in [-0.1, -0.05) is 6.07 Å². The van der Waals surface area contributed by atoms with Gasteiger partial charge in [0.1, 0.15) is 10.6 Å². The van der Waals surface area contributed by atoms with Crippen molar-refractivity contribution in [2.45, 2.75) is 13.3 Å². The fraction of sp³-hybridized carbons (Fsp3) is 0.267. The topological polar surface area (TPSA) is 35.5 Å². The van der Waals surface area contributed by atoms with Crippen LogP contribution in [0.2, 0.25) is 0 Å². The molecule has 0 saturated heterocycles. The lowest BCUT2D eigenvalue weighted by molar-refractivity contribution is 0.0607. The van der Waals surface area contributed by atoms with Gasteiger partial charge < -0.3 is 9.47 Å². The smallest absolute Gasteiger partial charge is 0.348 e. The molecule has 2 aromatic rings. The molecule has 0 bridgehead atoms. The summed E-state index contributed by atoms with van der Waals surface area (Å²) in [5, 5.41) is 1.99. The minimum Gasteiger partial charge on any atom is -0.493 e. The molecule has 0 saturated carbocycles. The van der Waals surface area contributed by atoms with E-state index < -0.39 is 0 Å². The van der Waals surface area contributed by atoms with Crippen LogP contribution in [0.1, 0.15) is 20.8 Å². The summed E-state index contributed by atoms with van der Waals surface area (Å²) in [6.07, 6.45) is 0.930. The van der Waals surface area contributed by atoms with Gasteiger partial charge in [-0.25, -0.2) is 4.79 Å². The van der Waals surface area contributed by atoms with E-state index in [1.807, 2.05) is 24.4 Å². The number of hydrogen-bond acceptors (Lipinski definition) is 4. The van der Waals surface area contributed by atoms with Crippen LogP contribution in [0.25, 0.3) is 11.1 Å². The molecule has 98 valence electrons. The summed E-state index contributed by atoms with van der Waals surface area (Å²) in [5.41, 5.74) is 4.35. The van der Waals surface area contributed by atoms with Crippen molar-refractivity contribution in [3.8, 4) is 16.9 Å². The van der Waals surface area contributed by atoms with Crippen LogP contribution >= 0.6 is 11.3 Å². The highest BCUT2D eigenvalue weighted by Gasteiger charge is 2.20. The SMILES string of the molecule is COC(=O)c1scc(C)c1-c1ccc2c(c1)CCO2. The van der Waals surface area contributed by atoms with Crippen molar-refractivity contribution in [2.24, 2.45) is 0 Å². The normalized spacial score (nSPS) is 12.9. The second-order valence-corrected chi connectivity index (χ2v) is 5.42. The number of ether oxygens (including phenoxy) is 2. The van der Waals surface area contributed by atoms with E-state index in [1.165, 1.54) is 24.0 Å². The Hall–Kier alpha value is -1.81. The van der Waals surface area contributed by atoms with Crippen LogP contribution in [0.5, 0.6) is 5.75 Å². The van der Waals surface area contributed by atoms with Gasteiger partial charge >= 0.3 is 5.97 Å². The lowest BCUT2D eigenvalue weighted by atomic mass is 9.99. The van der Waals surface area contributed by atoms with Gasteiger partial charge in [0.15, 0.2) is 0 Å². The Kier molecular flexibility index (Phi) is 3.03. The standard InChI is InChI=1S/C15H14O3S/c1-9-8-19-14(15(16)17-2)13(9)11-3-4-12-10(7-11)5-6-18-12/h3-4,7-8H,5-6H2,1-2H3. The molecular formula is C15H14O3S. The van der Waals surface area contributed by atoms with E-state index >= 15 is 0 Å². The van der Waals surface area contributed by atoms with E-state index in [-0.39, 0.29) is 5.97 Å². The van der Waals surface area contributed by atoms with E-state index in [1.54, 1.807) is 0 Å². The minimum absolute atomic E-state index is 0.273. The van der Waals surface area contributed by atoms with E-state index in [4.69, 9.17) is 9.47 Å². The molecule has 1 aromatic carbocycles. The molecule has 0 spiro atoms. The average Bonchev–Trinajstić information content (AvgIpc) is 3.03. The minimum atomic E-state index is -0.273. The first kappa shape index (κ1) is 12.2. The first-order chi connectivity index (χ1) is 9.20. The lowest BCUT2D eigenvalue weighted by Gasteiger charge is -2.07. The lowest BCUT2D eigenvalue weighted by Crippen LogP contribution is -2.00. The van der Waals surface area contributed by atoms with Crippen LogP contribution in [-0.2, 0) is 11.2 Å². The van der Waals surface area contributed by atoms with Gasteiger partial charge in [-0.2, -0.15) is 0 Å². The van der Waals surface area contributed by atoms with Gasteiger partial charge in [-0.3, -0.25) is 0 Å². The van der Waals surface area contributed by atoms with Crippen LogP contribution in [0, 0.1) is 6.92 Å². The molecule has 3 nitrogen and oxygen atoms in total. The number of fused-ring (bicyclic) bond motifs is 1. The fourth-order valence-electron chi connectivity index (χ4n) is 2.39. The third kappa shape index (κ3) is 2.02. The zero-order valence-corrected chi connectivity index (χ0v) is 11.7. The summed E-state index contributed by atoms with van der Waals surface area (Å²) >= 11 is 1.43. The molecular weight excluding hydrogens is 260 g/mol. The molecule has 0 N–H and O–H groups in total. The quantitative estimate of drug-likeness (QED) is 0.787. The highest BCUT2D eigenvalue weighted by molar-refractivity contribution is 7.12. The Morgan fingerprint density at radius 3 is 3.05 bits per heavy atom. The highest BCUT2D eigenvalue weighted by Crippen LogP contribution is 2.36. The number of methoxy groups -OCH3 is 1. The number of benzene rings is 1. The molecule has 4 heteroatoms. The predicted molar refractivity (Wildman–Crippen MR) is 75.0 cm³/mol. The maximum atomic E-state index is 11.8. The van der Waals surface area contributed by atoms with Crippen molar-refractivity contribution in [1.82, 2.24) is 0 Å². The van der Waals surface area contributed by atoms with Gasteiger partial charge in [0, 0.05) is 12.0 Å². The van der Waals surface area contributed by atoms with Crippen molar-refractivity contribution < 1.29 is 14.3 Å². The van der Waals surface area contributed by atoms with Gasteiger partial charge in [-0.05, 0) is 41.1 Å². The Balaban J connectivity index is 2.11. The Bertz CT molecular complexity index is 643. The van der Waals surface area contributed by atoms with Crippen molar-refractivity contribution in [2.75, 3.05) is 13.7 Å². The molecule has 3 rings (SSSR count). The molecule has 1 aliphatic rings. The molecule has 2 heterocycles. The largest absolute Gasteiger partial charge is 0.493 e. The maximum absolute atomic E-state index is 11.8. The highest BCUT2D eigenvalue weighted by atomic mass is 32.1. The van der Waals surface area contributed by atoms with Crippen LogP contribution < -0.4 is 4.74 Å². The van der Waals surface area contributed by atoms with Gasteiger partial charge in [0.25, 0.3) is 0 Å². The van der Waals surface area contributed by atoms with Crippen molar-refractivity contribution >= 4 is 17.3 Å². The summed E-state index contributed by atoms with van der Waals surface area (Å²) in [6, 6.07) is 6.10. The van der Waals surface area contributed by atoms with Crippen molar-refractivity contribution in [1.29, 1.82) is 0 Å². The summed E-state index contributed by atoms with van der Waals surface area (Å²) in [6.45, 7) is 2.76. The van der Waals surface area contributed by atoms with Crippen LogP contribution in [-0.4, -0.2) is 19.7 Å². The van der Waals surface area contributed by atoms with Gasteiger partial charge in [0.05, 0.1) is 13.7 Å². The number of carbonyl (C=O) groups excluding carboxylic acids is 1. The average molecular weight is 274 g/mol. The van der Waals surface area contributed by atoms with Crippen molar-refractivity contribution in [3.63, 3.8) is 0 Å². The van der Waals surface area contributed by atoms with Crippen LogP contribution in [0.3, 0.4) is 0 Å². The van der Waals surface area contributed by atoms with Crippen LogP contribution in [0.15, 0.2) is 23.6 Å². The zero-order valence-electron chi connectivity index (χ0n) is 10.9. The number of aryl methyl sites for hydroxylation is 1. The predicted octanol–water partition coefficient (Wildman–Crippen LogP) is 3.45. The molecule has 19 heavy (non-hydrogen) atoms. The second-order valence-electron chi connectivity index (χ2n) is 4.54. The van der Waals surface area contributed by atoms with Gasteiger partial charge in [-0.15, -0.1) is 11.3 Å². The maximum Gasteiger partial charge on any atom is 0.348 e. The number of carbonyl (C=O) groups is 1. The molecule has 1 aromatic heterocycles. The van der Waals surface area contributed by atoms with Crippen molar-refractivity contribution in [3.05, 3.63) is 39.6 Å². The molecule has 0 amide bonds. The van der Waals surface area contributed by atoms with E-state index in [2.05, 4.69) is 6.07 Å². The summed E-state index contributed by atoms with van der Waals surface area (Å²) in [5.74, 6) is 0.682. The molecule has 0 fully saturated rings. The number of rotatable bonds is 2. The molecule has 1 aliphatic heterocycles. The fourth-order valence-corrected chi connectivity index (χ4v) is 3.38. The third-order valence-corrected chi connectivity index (χ3v) is 4.40. The summed E-state index contributed by atoms with van der Waals surface area (Å²) < 4.78 is 10.4. The number of thiophene rings is 1. The molecule has 0 unspecified atom stereocenters. The Morgan fingerprint density at radius 2 is 2.26 bits per heavy atom. The Labute approximate surface area is 115 Å². The summed E-state index contributed by atoms with van der Waals surface area (Å²) in [7, 11) is 1.41. The monoisotopic (exact) mass is 274 g/mol. The summed E-state index contributed by atoms with van der Waals surface area (Å²) in [4.78, 5) is 12.5. The number of hydrogen-bond donors (Lipinski definition) is 0. The molecule has 0 aliphatic carbocycles. The zero-order chi connectivity index (χ0) is 13.4. The first-order valence-corrected chi connectivity index (χ1v) is 7.01. The van der Waals surface area contributed by atoms with E-state index in [0.29, 0.717) is 4.88 Å². The number of esters is 1. The van der Waals surface area contributed by atoms with E-state index in [0.717, 1.165) is 35.5 Å². The van der Waals surface area contributed by atoms with Crippen LogP contribution in [0.4, 0.5) is 0 Å². The van der Waals surface area contributed by atoms with E-state index in [9.17, 15) is 4.79 Å².